The fourth-order valence-electron chi connectivity index (χ4n) is 2.10. The molecule has 0 saturated carbocycles. The predicted octanol–water partition coefficient (Wildman–Crippen LogP) is 1.20. The molecule has 5 nitrogen and oxygen atoms in total. The van der Waals surface area contributed by atoms with Crippen molar-refractivity contribution in [3.8, 4) is 0 Å². The van der Waals surface area contributed by atoms with Crippen LogP contribution in [-0.4, -0.2) is 33.7 Å². The van der Waals surface area contributed by atoms with Crippen molar-refractivity contribution < 1.29 is 13.2 Å². The summed E-state index contributed by atoms with van der Waals surface area (Å²) in [4.78, 5) is 11.7. The molecule has 1 rings (SSSR count). The standard InChI is InChI=1S/C13H20N2O3S/c1-9-6-10(2)8-12(7-9)15(19(5,17)18)11(3)13(16)14-4/h6-8,11H,1-5H3,(H,14,16)/t11-/m1/s1. The van der Waals surface area contributed by atoms with Crippen molar-refractivity contribution in [2.45, 2.75) is 26.8 Å². The van der Waals surface area contributed by atoms with Gasteiger partial charge in [-0.1, -0.05) is 6.07 Å². The summed E-state index contributed by atoms with van der Waals surface area (Å²) < 4.78 is 25.1. The minimum atomic E-state index is -3.53. The van der Waals surface area contributed by atoms with Crippen LogP contribution in [0.2, 0.25) is 0 Å². The summed E-state index contributed by atoms with van der Waals surface area (Å²) in [5, 5.41) is 2.47. The molecule has 0 fully saturated rings. The van der Waals surface area contributed by atoms with Crippen molar-refractivity contribution in [3.63, 3.8) is 0 Å². The van der Waals surface area contributed by atoms with Crippen molar-refractivity contribution in [2.75, 3.05) is 17.6 Å². The zero-order chi connectivity index (χ0) is 14.8. The molecule has 0 aliphatic carbocycles. The van der Waals surface area contributed by atoms with Crippen LogP contribution in [0.4, 0.5) is 5.69 Å². The van der Waals surface area contributed by atoms with Crippen LogP contribution in [0.25, 0.3) is 0 Å². The van der Waals surface area contributed by atoms with Gasteiger partial charge in [-0.15, -0.1) is 0 Å². The fraction of sp³-hybridized carbons (Fsp3) is 0.462. The third-order valence-electron chi connectivity index (χ3n) is 2.80. The van der Waals surface area contributed by atoms with Gasteiger partial charge in [-0.3, -0.25) is 9.10 Å². The van der Waals surface area contributed by atoms with E-state index in [2.05, 4.69) is 5.32 Å². The number of sulfonamides is 1. The third-order valence-corrected chi connectivity index (χ3v) is 4.04. The number of carbonyl (C=O) groups is 1. The summed E-state index contributed by atoms with van der Waals surface area (Å²) in [7, 11) is -2.05. The summed E-state index contributed by atoms with van der Waals surface area (Å²) in [6, 6.07) is 4.68. The van der Waals surface area contributed by atoms with Crippen LogP contribution in [0.15, 0.2) is 18.2 Å². The number of aryl methyl sites for hydroxylation is 2. The molecule has 0 heterocycles. The minimum Gasteiger partial charge on any atom is -0.357 e. The average Bonchev–Trinajstić information content (AvgIpc) is 2.24. The Morgan fingerprint density at radius 3 is 2.05 bits per heavy atom. The molecule has 0 radical (unpaired) electrons. The molecule has 1 aromatic rings. The SMILES string of the molecule is CNC(=O)[C@@H](C)N(c1cc(C)cc(C)c1)S(C)(=O)=O. The van der Waals surface area contributed by atoms with E-state index in [1.54, 1.807) is 19.1 Å². The number of likely N-dealkylation sites (N-methyl/N-ethyl adjacent to an activating group) is 1. The molecule has 1 atom stereocenters. The molecule has 6 heteroatoms. The van der Waals surface area contributed by atoms with Gasteiger partial charge in [0.25, 0.3) is 0 Å². The number of benzene rings is 1. The Labute approximate surface area is 114 Å². The second-order valence-corrected chi connectivity index (χ2v) is 6.55. The second-order valence-electron chi connectivity index (χ2n) is 4.69. The molecule has 1 N–H and O–H groups in total. The minimum absolute atomic E-state index is 0.343. The molecule has 0 saturated heterocycles. The lowest BCUT2D eigenvalue weighted by molar-refractivity contribution is -0.121. The zero-order valence-electron chi connectivity index (χ0n) is 11.9. The van der Waals surface area contributed by atoms with Crippen LogP contribution in [0, 0.1) is 13.8 Å². The molecule has 1 amide bonds. The van der Waals surface area contributed by atoms with Gasteiger partial charge in [0.05, 0.1) is 11.9 Å². The summed E-state index contributed by atoms with van der Waals surface area (Å²) in [5.41, 5.74) is 2.41. The van der Waals surface area contributed by atoms with Gasteiger partial charge in [-0.05, 0) is 44.0 Å². The first-order valence-corrected chi connectivity index (χ1v) is 7.81. The Morgan fingerprint density at radius 2 is 1.68 bits per heavy atom. The Morgan fingerprint density at radius 1 is 1.21 bits per heavy atom. The van der Waals surface area contributed by atoms with E-state index >= 15 is 0 Å². The molecule has 1 aromatic carbocycles. The smallest absolute Gasteiger partial charge is 0.243 e. The molecular weight excluding hydrogens is 264 g/mol. The first-order valence-electron chi connectivity index (χ1n) is 5.96. The van der Waals surface area contributed by atoms with Crippen molar-refractivity contribution >= 4 is 21.6 Å². The Hall–Kier alpha value is -1.56. The quantitative estimate of drug-likeness (QED) is 0.903. The molecular formula is C13H20N2O3S. The highest BCUT2D eigenvalue weighted by Gasteiger charge is 2.28. The molecule has 0 aliphatic heterocycles. The van der Waals surface area contributed by atoms with Gasteiger partial charge in [0.15, 0.2) is 0 Å². The average molecular weight is 284 g/mol. The topological polar surface area (TPSA) is 66.5 Å². The van der Waals surface area contributed by atoms with Gasteiger partial charge in [0, 0.05) is 7.05 Å². The van der Waals surface area contributed by atoms with Crippen molar-refractivity contribution in [1.82, 2.24) is 5.32 Å². The van der Waals surface area contributed by atoms with E-state index < -0.39 is 16.1 Å². The second kappa shape index (κ2) is 5.61. The van der Waals surface area contributed by atoms with E-state index in [1.807, 2.05) is 19.9 Å². The van der Waals surface area contributed by atoms with Crippen LogP contribution in [-0.2, 0) is 14.8 Å². The molecule has 0 aliphatic rings. The molecule has 106 valence electrons. The number of hydrogen-bond donors (Lipinski definition) is 1. The summed E-state index contributed by atoms with van der Waals surface area (Å²) in [5.74, 6) is -0.343. The van der Waals surface area contributed by atoms with Crippen molar-refractivity contribution in [1.29, 1.82) is 0 Å². The van der Waals surface area contributed by atoms with Gasteiger partial charge < -0.3 is 5.32 Å². The van der Waals surface area contributed by atoms with Crippen molar-refractivity contribution in [3.05, 3.63) is 29.3 Å². The van der Waals surface area contributed by atoms with Gasteiger partial charge in [-0.2, -0.15) is 0 Å². The van der Waals surface area contributed by atoms with Crippen LogP contribution in [0.5, 0.6) is 0 Å². The van der Waals surface area contributed by atoms with Gasteiger partial charge in [0.2, 0.25) is 15.9 Å². The Bertz CT molecular complexity index is 561. The fourth-order valence-corrected chi connectivity index (χ4v) is 3.25. The monoisotopic (exact) mass is 284 g/mol. The number of nitrogens with zero attached hydrogens (tertiary/aromatic N) is 1. The highest BCUT2D eigenvalue weighted by molar-refractivity contribution is 7.92. The zero-order valence-corrected chi connectivity index (χ0v) is 12.7. The molecule has 0 unspecified atom stereocenters. The predicted molar refractivity (Wildman–Crippen MR) is 76.8 cm³/mol. The Kier molecular flexibility index (Phi) is 4.57. The first kappa shape index (κ1) is 15.5. The number of hydrogen-bond acceptors (Lipinski definition) is 3. The van der Waals surface area contributed by atoms with Gasteiger partial charge in [0.1, 0.15) is 6.04 Å². The highest BCUT2D eigenvalue weighted by Crippen LogP contribution is 2.23. The largest absolute Gasteiger partial charge is 0.357 e. The number of nitrogens with one attached hydrogen (secondary N) is 1. The van der Waals surface area contributed by atoms with Crippen LogP contribution >= 0.6 is 0 Å². The van der Waals surface area contributed by atoms with Crippen molar-refractivity contribution in [2.24, 2.45) is 0 Å². The maximum atomic E-state index is 12.0. The first-order chi connectivity index (χ1) is 8.66. The molecule has 0 aromatic heterocycles. The van der Waals surface area contributed by atoms with E-state index in [4.69, 9.17) is 0 Å². The van der Waals surface area contributed by atoms with Gasteiger partial charge >= 0.3 is 0 Å². The van der Waals surface area contributed by atoms with E-state index in [1.165, 1.54) is 7.05 Å². The normalized spacial score (nSPS) is 12.9. The molecule has 0 bridgehead atoms. The number of anilines is 1. The van der Waals surface area contributed by atoms with Crippen LogP contribution in [0.1, 0.15) is 18.1 Å². The van der Waals surface area contributed by atoms with E-state index in [0.717, 1.165) is 21.7 Å². The van der Waals surface area contributed by atoms with E-state index in [-0.39, 0.29) is 5.91 Å². The summed E-state index contributed by atoms with van der Waals surface area (Å²) in [6.07, 6.45) is 1.10. The lowest BCUT2D eigenvalue weighted by Crippen LogP contribution is -2.47. The highest BCUT2D eigenvalue weighted by atomic mass is 32.2. The van der Waals surface area contributed by atoms with E-state index in [9.17, 15) is 13.2 Å². The summed E-state index contributed by atoms with van der Waals surface area (Å²) >= 11 is 0. The van der Waals surface area contributed by atoms with Crippen LogP contribution in [0.3, 0.4) is 0 Å². The van der Waals surface area contributed by atoms with Crippen LogP contribution < -0.4 is 9.62 Å². The Balaban J connectivity index is 3.37. The molecule has 19 heavy (non-hydrogen) atoms. The number of amides is 1. The van der Waals surface area contributed by atoms with Gasteiger partial charge in [-0.25, -0.2) is 8.42 Å². The number of rotatable bonds is 4. The third kappa shape index (κ3) is 3.70. The number of carbonyl (C=O) groups excluding carboxylic acids is 1. The lowest BCUT2D eigenvalue weighted by Gasteiger charge is -2.28. The molecule has 0 spiro atoms. The summed E-state index contributed by atoms with van der Waals surface area (Å²) in [6.45, 7) is 5.35. The van der Waals surface area contributed by atoms with E-state index in [0.29, 0.717) is 5.69 Å². The maximum absolute atomic E-state index is 12.0. The lowest BCUT2D eigenvalue weighted by atomic mass is 10.1. The maximum Gasteiger partial charge on any atom is 0.243 e.